The first kappa shape index (κ1) is 42.5. The highest BCUT2D eigenvalue weighted by molar-refractivity contribution is 8.53. The Hall–Kier alpha value is -4.77. The van der Waals surface area contributed by atoms with Crippen molar-refractivity contribution in [2.45, 2.75) is 42.5 Å². The first-order chi connectivity index (χ1) is 30.3. The van der Waals surface area contributed by atoms with E-state index >= 15 is 0 Å². The molecular weight excluding hydrogens is 848 g/mol. The minimum atomic E-state index is -1.24. The van der Waals surface area contributed by atoms with Crippen LogP contribution < -0.4 is 20.8 Å². The molecule has 3 fully saturated rings. The number of ether oxygens (including phenoxy) is 5. The second-order valence-electron chi connectivity index (χ2n) is 15.2. The molecule has 17 heteroatoms. The molecule has 0 aliphatic carbocycles. The number of aromatic nitrogens is 4. The number of methoxy groups -OCH3 is 2. The number of thioether (sulfide) groups is 1. The molecule has 14 nitrogen and oxygen atoms in total. The van der Waals surface area contributed by atoms with Crippen molar-refractivity contribution in [3.63, 3.8) is 0 Å². The number of aromatic amines is 1. The van der Waals surface area contributed by atoms with Gasteiger partial charge >= 0.3 is 0 Å². The summed E-state index contributed by atoms with van der Waals surface area (Å²) in [6.45, 7) is 2.00. The van der Waals surface area contributed by atoms with Crippen LogP contribution in [0.3, 0.4) is 0 Å². The molecule has 5 heterocycles. The summed E-state index contributed by atoms with van der Waals surface area (Å²) in [5.41, 5.74) is 7.02. The highest BCUT2D eigenvalue weighted by atomic mass is 32.7. The molecule has 4 aromatic carbocycles. The van der Waals surface area contributed by atoms with Crippen LogP contribution in [0, 0.1) is 0 Å². The fourth-order valence-corrected chi connectivity index (χ4v) is 13.7. The molecule has 2 aromatic heterocycles. The van der Waals surface area contributed by atoms with Gasteiger partial charge in [-0.3, -0.25) is 23.8 Å². The highest BCUT2D eigenvalue weighted by Crippen LogP contribution is 2.61. The number of carbonyl (C=O) groups excluding carboxylic acids is 1. The molecule has 3 aliphatic rings. The molecule has 2 bridgehead atoms. The first-order valence-corrected chi connectivity index (χ1v) is 24.2. The van der Waals surface area contributed by atoms with Crippen molar-refractivity contribution in [1.82, 2.24) is 24.2 Å². The van der Waals surface area contributed by atoms with E-state index in [0.717, 1.165) is 42.6 Å². The van der Waals surface area contributed by atoms with Gasteiger partial charge in [-0.25, -0.2) is 4.98 Å². The lowest BCUT2D eigenvalue weighted by atomic mass is 9.79. The van der Waals surface area contributed by atoms with E-state index in [2.05, 4.69) is 31.8 Å². The van der Waals surface area contributed by atoms with Crippen LogP contribution >= 0.6 is 30.6 Å². The number of carbonyl (C=O) groups is 1. The SMILES string of the molecule is COc1ccc(C(OC[C@@]23COC([C@H](n4cnc5c(=O)[nH]c(N)nc54)O2)[C@H]3OP(SCCSC(=O)c2ccccc2)N2CCCC2)(c2ccccc2)c2ccc(OC)cc2)cc1. The quantitative estimate of drug-likeness (QED) is 0.0528. The molecule has 3 aliphatic heterocycles. The Morgan fingerprint density at radius 1 is 0.903 bits per heavy atom. The molecule has 0 amide bonds. The summed E-state index contributed by atoms with van der Waals surface area (Å²) in [5, 5.41) is 0.0449. The van der Waals surface area contributed by atoms with Crippen LogP contribution in [0.2, 0.25) is 0 Å². The van der Waals surface area contributed by atoms with E-state index < -0.39 is 42.7 Å². The number of nitrogen functional groups attached to an aromatic ring is 1. The normalized spacial score (nSPS) is 21.7. The monoisotopic (exact) mass is 894 g/mol. The second kappa shape index (κ2) is 18.5. The van der Waals surface area contributed by atoms with Gasteiger partial charge in [-0.05, 0) is 53.8 Å². The molecule has 62 heavy (non-hydrogen) atoms. The van der Waals surface area contributed by atoms with Crippen LogP contribution in [-0.2, 0) is 24.3 Å². The van der Waals surface area contributed by atoms with E-state index in [-0.39, 0.29) is 35.4 Å². The van der Waals surface area contributed by atoms with E-state index in [1.807, 2.05) is 97.1 Å². The number of fused-ring (bicyclic) bond motifs is 3. The summed E-state index contributed by atoms with van der Waals surface area (Å²) in [6.07, 6.45) is 1.62. The number of hydrogen-bond donors (Lipinski definition) is 2. The number of hydrogen-bond acceptors (Lipinski definition) is 14. The summed E-state index contributed by atoms with van der Waals surface area (Å²) in [5.74, 6) is 2.70. The smallest absolute Gasteiger partial charge is 0.280 e. The Kier molecular flexibility index (Phi) is 12.7. The van der Waals surface area contributed by atoms with Gasteiger partial charge in [-0.2, -0.15) is 4.98 Å². The zero-order valence-electron chi connectivity index (χ0n) is 34.3. The molecule has 9 rings (SSSR count). The second-order valence-corrected chi connectivity index (χ2v) is 19.9. The largest absolute Gasteiger partial charge is 0.497 e. The number of rotatable bonds is 17. The van der Waals surface area contributed by atoms with Crippen LogP contribution in [0.15, 0.2) is 120 Å². The number of anilines is 1. The van der Waals surface area contributed by atoms with Crippen molar-refractivity contribution < 1.29 is 33.0 Å². The molecular formula is C45H47N6O8PS2. The van der Waals surface area contributed by atoms with E-state index in [0.29, 0.717) is 28.6 Å². The third-order valence-electron chi connectivity index (χ3n) is 11.4. The minimum absolute atomic E-state index is 0.0374. The number of H-pyrrole nitrogens is 1. The van der Waals surface area contributed by atoms with Crippen molar-refractivity contribution >= 4 is 52.9 Å². The van der Waals surface area contributed by atoms with Crippen molar-refractivity contribution in [3.05, 3.63) is 148 Å². The van der Waals surface area contributed by atoms with Gasteiger partial charge in [0.2, 0.25) is 11.1 Å². The van der Waals surface area contributed by atoms with Crippen molar-refractivity contribution in [1.29, 1.82) is 0 Å². The van der Waals surface area contributed by atoms with E-state index in [9.17, 15) is 9.59 Å². The molecule has 2 unspecified atom stereocenters. The van der Waals surface area contributed by atoms with E-state index in [1.54, 1.807) is 30.2 Å². The summed E-state index contributed by atoms with van der Waals surface area (Å²) >= 11 is 3.04. The predicted molar refractivity (Wildman–Crippen MR) is 242 cm³/mol. The van der Waals surface area contributed by atoms with Gasteiger partial charge in [0.15, 0.2) is 24.9 Å². The maximum absolute atomic E-state index is 13.0. The van der Waals surface area contributed by atoms with Gasteiger partial charge in [-0.1, -0.05) is 108 Å². The molecule has 322 valence electrons. The summed E-state index contributed by atoms with van der Waals surface area (Å²) in [6, 6.07) is 35.2. The van der Waals surface area contributed by atoms with Crippen LogP contribution in [-0.4, -0.2) is 99.1 Å². The molecule has 0 saturated carbocycles. The van der Waals surface area contributed by atoms with Crippen molar-refractivity contribution in [3.8, 4) is 11.5 Å². The summed E-state index contributed by atoms with van der Waals surface area (Å²) in [7, 11) is 2.05. The maximum atomic E-state index is 13.0. The van der Waals surface area contributed by atoms with Gasteiger partial charge < -0.3 is 33.9 Å². The zero-order chi connectivity index (χ0) is 42.7. The average molecular weight is 895 g/mol. The molecule has 5 atom stereocenters. The van der Waals surface area contributed by atoms with Gasteiger partial charge in [0.05, 0.1) is 33.8 Å². The van der Waals surface area contributed by atoms with Gasteiger partial charge in [0, 0.05) is 30.2 Å². The molecule has 3 saturated heterocycles. The Balaban J connectivity index is 1.09. The Bertz CT molecular complexity index is 2480. The molecule has 0 radical (unpaired) electrons. The third kappa shape index (κ3) is 8.26. The standard InChI is InChI=1S/C45H47N6O8PS2/c1-54-34-19-15-32(16-20-34)45(31-13-7-4-8-14-31,33-17-21-35(55-2)22-18-33)57-28-44-27-56-37(41(58-44)51-29-47-36-39(51)48-43(46)49-40(36)52)38(44)59-60(50-23-9-10-24-50)62-26-25-61-42(53)30-11-5-3-6-12-30/h3-8,11-22,29,37-38,41H,9-10,23-28H2,1-2H3,(H3,46,48,49,52)/t37?,38-,41-,44-,60?/m1/s1. The van der Waals surface area contributed by atoms with E-state index in [4.69, 9.17) is 33.9 Å². The molecule has 6 aromatic rings. The lowest BCUT2D eigenvalue weighted by Gasteiger charge is -2.40. The number of nitrogens with zero attached hydrogens (tertiary/aromatic N) is 4. The molecule has 3 N–H and O–H groups in total. The Morgan fingerprint density at radius 2 is 1.53 bits per heavy atom. The Morgan fingerprint density at radius 3 is 2.18 bits per heavy atom. The minimum Gasteiger partial charge on any atom is -0.497 e. The molecule has 0 spiro atoms. The summed E-state index contributed by atoms with van der Waals surface area (Å²) < 4.78 is 44.0. The third-order valence-corrected chi connectivity index (χ3v) is 16.7. The number of nitrogens with two attached hydrogens (primary N) is 1. The fraction of sp³-hybridized carbons (Fsp3) is 0.333. The number of imidazole rings is 1. The zero-order valence-corrected chi connectivity index (χ0v) is 36.8. The fourth-order valence-electron chi connectivity index (χ4n) is 8.36. The van der Waals surface area contributed by atoms with Gasteiger partial charge in [0.25, 0.3) is 5.56 Å². The predicted octanol–water partition coefficient (Wildman–Crippen LogP) is 7.41. The summed E-state index contributed by atoms with van der Waals surface area (Å²) in [4.78, 5) is 37.3. The van der Waals surface area contributed by atoms with Crippen LogP contribution in [0.1, 0.15) is 46.1 Å². The van der Waals surface area contributed by atoms with Crippen LogP contribution in [0.25, 0.3) is 11.2 Å². The van der Waals surface area contributed by atoms with Gasteiger partial charge in [-0.15, -0.1) is 0 Å². The van der Waals surface area contributed by atoms with Crippen LogP contribution in [0.4, 0.5) is 5.95 Å². The highest BCUT2D eigenvalue weighted by Gasteiger charge is 2.65. The van der Waals surface area contributed by atoms with Gasteiger partial charge in [0.1, 0.15) is 34.9 Å². The lowest BCUT2D eigenvalue weighted by molar-refractivity contribution is -0.201. The number of benzene rings is 4. The first-order valence-electron chi connectivity index (χ1n) is 20.4. The Labute approximate surface area is 368 Å². The van der Waals surface area contributed by atoms with E-state index in [1.165, 1.54) is 18.1 Å². The van der Waals surface area contributed by atoms with Crippen LogP contribution in [0.5, 0.6) is 11.5 Å². The topological polar surface area (TPSA) is 165 Å². The number of nitrogens with one attached hydrogen (secondary N) is 1. The van der Waals surface area contributed by atoms with Crippen molar-refractivity contribution in [2.24, 2.45) is 0 Å². The lowest BCUT2D eigenvalue weighted by Crippen LogP contribution is -2.49. The maximum Gasteiger partial charge on any atom is 0.280 e. The average Bonchev–Trinajstić information content (AvgIpc) is 4.13. The van der Waals surface area contributed by atoms with Crippen molar-refractivity contribution in [2.75, 3.05) is 57.8 Å².